The quantitative estimate of drug-likeness (QED) is 0.524. The van der Waals surface area contributed by atoms with E-state index in [4.69, 9.17) is 9.47 Å². The zero-order valence-electron chi connectivity index (χ0n) is 15.9. The summed E-state index contributed by atoms with van der Waals surface area (Å²) in [6.07, 6.45) is 9.26. The highest BCUT2D eigenvalue weighted by Crippen LogP contribution is 2.26. The van der Waals surface area contributed by atoms with E-state index in [-0.39, 0.29) is 0 Å². The van der Waals surface area contributed by atoms with Gasteiger partial charge >= 0.3 is 0 Å². The van der Waals surface area contributed by atoms with Crippen LogP contribution >= 0.6 is 0 Å². The first-order valence-corrected chi connectivity index (χ1v) is 9.64. The van der Waals surface area contributed by atoms with Gasteiger partial charge in [0, 0.05) is 49.0 Å². The SMILES string of the molecule is c1cc(-c2cnn3cc(-c4ccc(OCN5CCOCC5)cc4)cnc23)ccn1. The van der Waals surface area contributed by atoms with Crippen LogP contribution in [0.2, 0.25) is 0 Å². The average Bonchev–Trinajstić information content (AvgIpc) is 3.23. The van der Waals surface area contributed by atoms with Crippen molar-refractivity contribution in [2.45, 2.75) is 0 Å². The summed E-state index contributed by atoms with van der Waals surface area (Å²) in [6.45, 7) is 3.95. The number of nitrogens with zero attached hydrogens (tertiary/aromatic N) is 5. The molecule has 3 aromatic heterocycles. The second kappa shape index (κ2) is 7.98. The van der Waals surface area contributed by atoms with Crippen molar-refractivity contribution in [3.8, 4) is 28.0 Å². The molecule has 146 valence electrons. The van der Waals surface area contributed by atoms with Crippen LogP contribution in [0.5, 0.6) is 5.75 Å². The minimum Gasteiger partial charge on any atom is -0.478 e. The fraction of sp³-hybridized carbons (Fsp3) is 0.227. The molecule has 1 fully saturated rings. The Morgan fingerprint density at radius 3 is 2.48 bits per heavy atom. The molecule has 0 saturated carbocycles. The van der Waals surface area contributed by atoms with Crippen LogP contribution in [0.3, 0.4) is 0 Å². The lowest BCUT2D eigenvalue weighted by atomic mass is 10.1. The van der Waals surface area contributed by atoms with Crippen molar-refractivity contribution in [1.29, 1.82) is 0 Å². The summed E-state index contributed by atoms with van der Waals surface area (Å²) in [5.41, 5.74) is 4.94. The highest BCUT2D eigenvalue weighted by molar-refractivity contribution is 5.77. The first-order valence-electron chi connectivity index (χ1n) is 9.64. The Morgan fingerprint density at radius 1 is 0.897 bits per heavy atom. The van der Waals surface area contributed by atoms with Crippen LogP contribution in [0.15, 0.2) is 67.4 Å². The molecule has 0 spiro atoms. The normalized spacial score (nSPS) is 14.9. The minimum absolute atomic E-state index is 0.585. The number of morpholine rings is 1. The lowest BCUT2D eigenvalue weighted by molar-refractivity contribution is 0.00408. The van der Waals surface area contributed by atoms with Crippen molar-refractivity contribution in [3.05, 3.63) is 67.4 Å². The maximum absolute atomic E-state index is 5.89. The number of benzene rings is 1. The van der Waals surface area contributed by atoms with Gasteiger partial charge in [-0.25, -0.2) is 9.50 Å². The van der Waals surface area contributed by atoms with E-state index in [1.807, 2.05) is 59.5 Å². The van der Waals surface area contributed by atoms with Crippen LogP contribution in [0.1, 0.15) is 0 Å². The zero-order valence-corrected chi connectivity index (χ0v) is 15.9. The Balaban J connectivity index is 1.32. The Bertz CT molecular complexity index is 1090. The van der Waals surface area contributed by atoms with E-state index in [1.54, 1.807) is 12.4 Å². The van der Waals surface area contributed by atoms with E-state index in [1.165, 1.54) is 0 Å². The van der Waals surface area contributed by atoms with E-state index >= 15 is 0 Å². The molecule has 1 aromatic carbocycles. The van der Waals surface area contributed by atoms with E-state index in [0.29, 0.717) is 6.73 Å². The van der Waals surface area contributed by atoms with Crippen LogP contribution in [0, 0.1) is 0 Å². The molecular formula is C22H21N5O2. The summed E-state index contributed by atoms with van der Waals surface area (Å²) in [7, 11) is 0. The summed E-state index contributed by atoms with van der Waals surface area (Å²) >= 11 is 0. The maximum Gasteiger partial charge on any atom is 0.162 e. The fourth-order valence-corrected chi connectivity index (χ4v) is 3.40. The van der Waals surface area contributed by atoms with E-state index < -0.39 is 0 Å². The van der Waals surface area contributed by atoms with Crippen molar-refractivity contribution >= 4 is 5.65 Å². The number of pyridine rings is 1. The summed E-state index contributed by atoms with van der Waals surface area (Å²) in [4.78, 5) is 11.0. The molecule has 0 aliphatic carbocycles. The van der Waals surface area contributed by atoms with Crippen LogP contribution < -0.4 is 4.74 Å². The van der Waals surface area contributed by atoms with E-state index in [0.717, 1.165) is 60.0 Å². The third-order valence-corrected chi connectivity index (χ3v) is 5.05. The van der Waals surface area contributed by atoms with Crippen molar-refractivity contribution in [1.82, 2.24) is 24.5 Å². The highest BCUT2D eigenvalue weighted by Gasteiger charge is 2.11. The lowest BCUT2D eigenvalue weighted by Crippen LogP contribution is -2.38. The molecule has 0 radical (unpaired) electrons. The van der Waals surface area contributed by atoms with Gasteiger partial charge in [-0.3, -0.25) is 9.88 Å². The second-order valence-electron chi connectivity index (χ2n) is 6.93. The molecule has 7 heteroatoms. The first kappa shape index (κ1) is 17.8. The third kappa shape index (κ3) is 3.83. The van der Waals surface area contributed by atoms with Crippen LogP contribution in [0.4, 0.5) is 0 Å². The molecule has 0 atom stereocenters. The average molecular weight is 387 g/mol. The number of rotatable bonds is 5. The van der Waals surface area contributed by atoms with Gasteiger partial charge in [0.25, 0.3) is 0 Å². The highest BCUT2D eigenvalue weighted by atomic mass is 16.5. The smallest absolute Gasteiger partial charge is 0.162 e. The number of hydrogen-bond donors (Lipinski definition) is 0. The van der Waals surface area contributed by atoms with Gasteiger partial charge in [-0.15, -0.1) is 0 Å². The van der Waals surface area contributed by atoms with Crippen molar-refractivity contribution in [2.75, 3.05) is 33.0 Å². The van der Waals surface area contributed by atoms with Gasteiger partial charge in [0.05, 0.1) is 19.4 Å². The van der Waals surface area contributed by atoms with Gasteiger partial charge in [0.15, 0.2) is 5.65 Å². The summed E-state index contributed by atoms with van der Waals surface area (Å²) in [6, 6.07) is 12.0. The standard InChI is InChI=1S/C22H21N5O2/c1-3-20(29-16-26-9-11-28-12-10-26)4-2-17(1)19-13-24-22-21(14-25-27(22)15-19)18-5-7-23-8-6-18/h1-8,13-15H,9-12,16H2. The van der Waals surface area contributed by atoms with Gasteiger partial charge in [-0.05, 0) is 35.4 Å². The zero-order chi connectivity index (χ0) is 19.5. The van der Waals surface area contributed by atoms with Crippen molar-refractivity contribution in [2.24, 2.45) is 0 Å². The van der Waals surface area contributed by atoms with Gasteiger partial charge in [0.1, 0.15) is 12.5 Å². The molecule has 0 amide bonds. The Morgan fingerprint density at radius 2 is 1.69 bits per heavy atom. The predicted molar refractivity (Wildman–Crippen MR) is 110 cm³/mol. The summed E-state index contributed by atoms with van der Waals surface area (Å²) in [5, 5.41) is 4.47. The molecule has 5 rings (SSSR count). The van der Waals surface area contributed by atoms with Gasteiger partial charge in [0.2, 0.25) is 0 Å². The molecule has 0 bridgehead atoms. The number of ether oxygens (including phenoxy) is 2. The molecule has 1 aliphatic heterocycles. The number of aromatic nitrogens is 4. The molecular weight excluding hydrogens is 366 g/mol. The largest absolute Gasteiger partial charge is 0.478 e. The molecule has 0 N–H and O–H groups in total. The van der Waals surface area contributed by atoms with Gasteiger partial charge in [-0.1, -0.05) is 12.1 Å². The van der Waals surface area contributed by atoms with Crippen LogP contribution in [0.25, 0.3) is 27.9 Å². The Kier molecular flexibility index (Phi) is 4.90. The Hall–Kier alpha value is -3.29. The lowest BCUT2D eigenvalue weighted by Gasteiger charge is -2.26. The molecule has 1 saturated heterocycles. The third-order valence-electron chi connectivity index (χ3n) is 5.05. The monoisotopic (exact) mass is 387 g/mol. The van der Waals surface area contributed by atoms with E-state index in [2.05, 4.69) is 20.0 Å². The molecule has 29 heavy (non-hydrogen) atoms. The number of fused-ring (bicyclic) bond motifs is 1. The molecule has 7 nitrogen and oxygen atoms in total. The maximum atomic E-state index is 5.89. The summed E-state index contributed by atoms with van der Waals surface area (Å²) < 4.78 is 13.1. The van der Waals surface area contributed by atoms with Gasteiger partial charge < -0.3 is 9.47 Å². The molecule has 1 aliphatic rings. The first-order chi connectivity index (χ1) is 14.4. The number of hydrogen-bond acceptors (Lipinski definition) is 6. The minimum atomic E-state index is 0.585. The molecule has 0 unspecified atom stereocenters. The van der Waals surface area contributed by atoms with Gasteiger partial charge in [-0.2, -0.15) is 5.10 Å². The molecule has 4 heterocycles. The second-order valence-corrected chi connectivity index (χ2v) is 6.93. The van der Waals surface area contributed by atoms with Crippen LogP contribution in [-0.4, -0.2) is 57.5 Å². The van der Waals surface area contributed by atoms with Crippen LogP contribution in [-0.2, 0) is 4.74 Å². The predicted octanol–water partition coefficient (Wildman–Crippen LogP) is 3.13. The molecule has 4 aromatic rings. The van der Waals surface area contributed by atoms with E-state index in [9.17, 15) is 0 Å². The topological polar surface area (TPSA) is 64.8 Å². The fourth-order valence-electron chi connectivity index (χ4n) is 3.40. The van der Waals surface area contributed by atoms with Crippen molar-refractivity contribution < 1.29 is 9.47 Å². The van der Waals surface area contributed by atoms with Crippen molar-refractivity contribution in [3.63, 3.8) is 0 Å². The summed E-state index contributed by atoms with van der Waals surface area (Å²) in [5.74, 6) is 0.855. The Labute approximate surface area is 168 Å².